The Hall–Kier alpha value is -2.86. The average molecular weight is 523 g/mol. The lowest BCUT2D eigenvalue weighted by Gasteiger charge is -2.38. The predicted octanol–water partition coefficient (Wildman–Crippen LogP) is 6.84. The Morgan fingerprint density at radius 3 is 2.57 bits per heavy atom. The summed E-state index contributed by atoms with van der Waals surface area (Å²) in [5.41, 5.74) is 2.50. The van der Waals surface area contributed by atoms with Crippen LogP contribution in [0.15, 0.2) is 72.1 Å². The highest BCUT2D eigenvalue weighted by Crippen LogP contribution is 2.41. The number of rotatable bonds is 5. The number of fused-ring (bicyclic) bond motifs is 2. The summed E-state index contributed by atoms with van der Waals surface area (Å²) in [7, 11) is 0. The van der Waals surface area contributed by atoms with Crippen molar-refractivity contribution in [1.82, 2.24) is 9.80 Å². The fourth-order valence-electron chi connectivity index (χ4n) is 4.73. The number of likely N-dealkylation sites (N-methyl/N-ethyl adjacent to an activating group) is 1. The zero-order valence-electron chi connectivity index (χ0n) is 19.2. The van der Waals surface area contributed by atoms with Crippen molar-refractivity contribution in [3.8, 4) is 0 Å². The summed E-state index contributed by atoms with van der Waals surface area (Å²) in [6.45, 7) is 2.90. The third-order valence-corrected chi connectivity index (χ3v) is 8.09. The highest BCUT2D eigenvalue weighted by Gasteiger charge is 2.35. The normalized spacial score (nSPS) is 15.2. The summed E-state index contributed by atoms with van der Waals surface area (Å²) in [5, 5.41) is 5.21. The van der Waals surface area contributed by atoms with Crippen LogP contribution in [0.3, 0.4) is 0 Å². The molecule has 0 N–H and O–H groups in total. The van der Waals surface area contributed by atoms with Crippen LogP contribution in [0.1, 0.15) is 39.3 Å². The zero-order chi connectivity index (χ0) is 24.5. The van der Waals surface area contributed by atoms with Gasteiger partial charge >= 0.3 is 0 Å². The van der Waals surface area contributed by atoms with Gasteiger partial charge in [-0.05, 0) is 71.0 Å². The van der Waals surface area contributed by atoms with Crippen LogP contribution in [0.2, 0.25) is 10.0 Å². The third kappa shape index (κ3) is 4.68. The molecule has 0 bridgehead atoms. The molecule has 7 heteroatoms. The van der Waals surface area contributed by atoms with Gasteiger partial charge in [0, 0.05) is 33.6 Å². The molecule has 178 valence electrons. The minimum atomic E-state index is -0.309. The molecule has 35 heavy (non-hydrogen) atoms. The van der Waals surface area contributed by atoms with Crippen molar-refractivity contribution in [2.75, 3.05) is 19.6 Å². The Morgan fingerprint density at radius 1 is 1.00 bits per heavy atom. The summed E-state index contributed by atoms with van der Waals surface area (Å²) >= 11 is 14.4. The molecule has 4 nitrogen and oxygen atoms in total. The molecule has 5 rings (SSSR count). The number of hydrogen-bond acceptors (Lipinski definition) is 3. The van der Waals surface area contributed by atoms with E-state index in [2.05, 4.69) is 11.4 Å². The number of nitrogens with zero attached hydrogens (tertiary/aromatic N) is 2. The van der Waals surface area contributed by atoms with E-state index in [1.54, 1.807) is 28.4 Å². The Kier molecular flexibility index (Phi) is 6.83. The van der Waals surface area contributed by atoms with Gasteiger partial charge in [0.25, 0.3) is 5.91 Å². The van der Waals surface area contributed by atoms with Crippen molar-refractivity contribution in [3.05, 3.63) is 104 Å². The van der Waals surface area contributed by atoms with E-state index in [0.29, 0.717) is 28.7 Å². The fraction of sp³-hybridized carbons (Fsp3) is 0.214. The predicted molar refractivity (Wildman–Crippen MR) is 144 cm³/mol. The Labute approximate surface area is 218 Å². The first-order valence-corrected chi connectivity index (χ1v) is 13.2. The fourth-order valence-corrected chi connectivity index (χ4v) is 6.15. The number of carbonyl (C=O) groups is 2. The lowest BCUT2D eigenvalue weighted by Crippen LogP contribution is -2.46. The standard InChI is InChI=1S/C28H24Cl2N2O2S/c1-2-31(28(34)20-8-7-18-5-3-4-6-19(18)15-20)17-26(33)32-13-11-25-23(12-14-35-25)27(32)22-10-9-21(29)16-24(22)30/h3-10,12,14-16,27H,2,11,13,17H2,1H3. The summed E-state index contributed by atoms with van der Waals surface area (Å²) in [5.74, 6) is -0.255. The van der Waals surface area contributed by atoms with Crippen molar-refractivity contribution in [2.45, 2.75) is 19.4 Å². The zero-order valence-corrected chi connectivity index (χ0v) is 21.5. The first-order valence-electron chi connectivity index (χ1n) is 11.5. The van der Waals surface area contributed by atoms with E-state index >= 15 is 0 Å². The van der Waals surface area contributed by atoms with Gasteiger partial charge in [-0.2, -0.15) is 0 Å². The number of benzene rings is 3. The van der Waals surface area contributed by atoms with Crippen LogP contribution in [0.25, 0.3) is 10.8 Å². The second-order valence-electron chi connectivity index (χ2n) is 8.59. The topological polar surface area (TPSA) is 40.6 Å². The van der Waals surface area contributed by atoms with Crippen LogP contribution in [-0.2, 0) is 11.2 Å². The van der Waals surface area contributed by atoms with Gasteiger partial charge in [-0.15, -0.1) is 11.3 Å². The van der Waals surface area contributed by atoms with E-state index < -0.39 is 0 Å². The second-order valence-corrected chi connectivity index (χ2v) is 10.4. The van der Waals surface area contributed by atoms with Gasteiger partial charge in [0.2, 0.25) is 5.91 Å². The monoisotopic (exact) mass is 522 g/mol. The Morgan fingerprint density at radius 2 is 1.80 bits per heavy atom. The van der Waals surface area contributed by atoms with Crippen LogP contribution in [0.5, 0.6) is 0 Å². The maximum absolute atomic E-state index is 13.7. The lowest BCUT2D eigenvalue weighted by atomic mass is 9.93. The van der Waals surface area contributed by atoms with Gasteiger partial charge in [-0.1, -0.05) is 59.6 Å². The van der Waals surface area contributed by atoms with Gasteiger partial charge in [0.15, 0.2) is 0 Å². The summed E-state index contributed by atoms with van der Waals surface area (Å²) in [6.07, 6.45) is 0.783. The van der Waals surface area contributed by atoms with Crippen LogP contribution in [0, 0.1) is 0 Å². The minimum absolute atomic E-state index is 0.00331. The number of hydrogen-bond donors (Lipinski definition) is 0. The van der Waals surface area contributed by atoms with E-state index in [1.165, 1.54) is 4.88 Å². The summed E-state index contributed by atoms with van der Waals surface area (Å²) < 4.78 is 0. The Bertz CT molecular complexity index is 1420. The molecule has 1 atom stereocenters. The summed E-state index contributed by atoms with van der Waals surface area (Å²) in [6, 6.07) is 20.7. The van der Waals surface area contributed by atoms with Gasteiger partial charge in [-0.25, -0.2) is 0 Å². The molecule has 0 aliphatic carbocycles. The van der Waals surface area contributed by atoms with E-state index in [-0.39, 0.29) is 24.4 Å². The molecule has 2 heterocycles. The number of amides is 2. The first kappa shape index (κ1) is 23.9. The van der Waals surface area contributed by atoms with Crippen molar-refractivity contribution >= 4 is 57.1 Å². The SMILES string of the molecule is CCN(CC(=O)N1CCc2sccc2C1c1ccc(Cl)cc1Cl)C(=O)c1ccc2ccccc2c1. The van der Waals surface area contributed by atoms with Crippen molar-refractivity contribution in [1.29, 1.82) is 0 Å². The average Bonchev–Trinajstić information content (AvgIpc) is 3.35. The molecule has 3 aromatic carbocycles. The maximum atomic E-state index is 13.7. The molecule has 4 aromatic rings. The highest BCUT2D eigenvalue weighted by atomic mass is 35.5. The van der Waals surface area contributed by atoms with Gasteiger partial charge < -0.3 is 9.80 Å². The van der Waals surface area contributed by atoms with E-state index in [4.69, 9.17) is 23.2 Å². The summed E-state index contributed by atoms with van der Waals surface area (Å²) in [4.78, 5) is 31.7. The minimum Gasteiger partial charge on any atom is -0.330 e. The van der Waals surface area contributed by atoms with Gasteiger partial charge in [-0.3, -0.25) is 9.59 Å². The van der Waals surface area contributed by atoms with Crippen LogP contribution >= 0.6 is 34.5 Å². The molecule has 0 radical (unpaired) electrons. The second kappa shape index (κ2) is 10.0. The van der Waals surface area contributed by atoms with Crippen molar-refractivity contribution in [2.24, 2.45) is 0 Å². The van der Waals surface area contributed by atoms with Crippen LogP contribution < -0.4 is 0 Å². The quantitative estimate of drug-likeness (QED) is 0.287. The van der Waals surface area contributed by atoms with Crippen LogP contribution in [0.4, 0.5) is 0 Å². The Balaban J connectivity index is 1.43. The first-order chi connectivity index (χ1) is 17.0. The molecule has 0 fully saturated rings. The number of carbonyl (C=O) groups excluding carboxylic acids is 2. The molecule has 1 aliphatic rings. The van der Waals surface area contributed by atoms with E-state index in [0.717, 1.165) is 28.3 Å². The number of thiophene rings is 1. The largest absolute Gasteiger partial charge is 0.330 e. The highest BCUT2D eigenvalue weighted by molar-refractivity contribution is 7.10. The van der Waals surface area contributed by atoms with Crippen molar-refractivity contribution in [3.63, 3.8) is 0 Å². The molecule has 1 aliphatic heterocycles. The smallest absolute Gasteiger partial charge is 0.254 e. The van der Waals surface area contributed by atoms with Gasteiger partial charge in [0.05, 0.1) is 6.04 Å². The molecule has 0 saturated heterocycles. The molecule has 0 saturated carbocycles. The third-order valence-electron chi connectivity index (χ3n) is 6.53. The van der Waals surface area contributed by atoms with E-state index in [9.17, 15) is 9.59 Å². The van der Waals surface area contributed by atoms with Crippen molar-refractivity contribution < 1.29 is 9.59 Å². The molecule has 1 aromatic heterocycles. The van der Waals surface area contributed by atoms with Gasteiger partial charge in [0.1, 0.15) is 6.54 Å². The lowest BCUT2D eigenvalue weighted by molar-refractivity contribution is -0.134. The molecular weight excluding hydrogens is 499 g/mol. The molecule has 1 unspecified atom stereocenters. The number of halogens is 2. The molecule has 2 amide bonds. The molecule has 0 spiro atoms. The van der Waals surface area contributed by atoms with E-state index in [1.807, 2.05) is 60.4 Å². The van der Waals surface area contributed by atoms with Crippen LogP contribution in [-0.4, -0.2) is 41.2 Å². The maximum Gasteiger partial charge on any atom is 0.254 e. The molecular formula is C28H24Cl2N2O2S.